The minimum atomic E-state index is 0.143. The highest BCUT2D eigenvalue weighted by atomic mass is 79.9. The van der Waals surface area contributed by atoms with Crippen LogP contribution in [0.4, 0.5) is 0 Å². The van der Waals surface area contributed by atoms with Gasteiger partial charge >= 0.3 is 0 Å². The predicted octanol–water partition coefficient (Wildman–Crippen LogP) is 6.41. The minimum Gasteiger partial charge on any atom is -0.495 e. The zero-order valence-corrected chi connectivity index (χ0v) is 16.1. The lowest BCUT2D eigenvalue weighted by Gasteiger charge is -2.17. The molecule has 2 aromatic carbocycles. The van der Waals surface area contributed by atoms with Gasteiger partial charge in [-0.1, -0.05) is 45.7 Å². The molecule has 2 rings (SSSR count). The number of benzene rings is 2. The zero-order chi connectivity index (χ0) is 15.6. The van der Waals surface area contributed by atoms with Crippen LogP contribution in [-0.2, 0) is 6.42 Å². The first-order chi connectivity index (χ1) is 9.92. The van der Waals surface area contributed by atoms with Gasteiger partial charge in [0.05, 0.1) is 11.6 Å². The standard InChI is InChI=1S/C17H17Br2ClO/c1-10-4-5-12(6-11(10)2)7-15(18)14-8-13(20)9-16(19)17(14)21-3/h4-6,8-9,15H,7H2,1-3H3. The molecular formula is C17H17Br2ClO. The van der Waals surface area contributed by atoms with E-state index in [1.807, 2.05) is 12.1 Å². The fraction of sp³-hybridized carbons (Fsp3) is 0.294. The third kappa shape index (κ3) is 4.02. The van der Waals surface area contributed by atoms with Crippen LogP contribution in [-0.4, -0.2) is 7.11 Å². The maximum Gasteiger partial charge on any atom is 0.137 e. The maximum absolute atomic E-state index is 6.17. The summed E-state index contributed by atoms with van der Waals surface area (Å²) in [4.78, 5) is 0.143. The Bertz CT molecular complexity index is 655. The quantitative estimate of drug-likeness (QED) is 0.508. The van der Waals surface area contributed by atoms with Crippen LogP contribution in [0.2, 0.25) is 5.02 Å². The van der Waals surface area contributed by atoms with Crippen molar-refractivity contribution in [2.75, 3.05) is 7.11 Å². The molecule has 0 fully saturated rings. The Morgan fingerprint density at radius 2 is 1.86 bits per heavy atom. The number of hydrogen-bond donors (Lipinski definition) is 0. The number of ether oxygens (including phenoxy) is 1. The number of aryl methyl sites for hydroxylation is 2. The van der Waals surface area contributed by atoms with Crippen LogP contribution in [0.1, 0.15) is 27.1 Å². The van der Waals surface area contributed by atoms with E-state index in [0.717, 1.165) is 22.2 Å². The van der Waals surface area contributed by atoms with Crippen molar-refractivity contribution in [3.05, 3.63) is 62.1 Å². The Morgan fingerprint density at radius 3 is 2.48 bits per heavy atom. The Labute approximate surface area is 147 Å². The molecule has 0 N–H and O–H groups in total. The molecular weight excluding hydrogens is 415 g/mol. The Balaban J connectivity index is 2.31. The van der Waals surface area contributed by atoms with E-state index in [9.17, 15) is 0 Å². The predicted molar refractivity (Wildman–Crippen MR) is 97.0 cm³/mol. The van der Waals surface area contributed by atoms with Crippen molar-refractivity contribution < 1.29 is 4.74 Å². The lowest BCUT2D eigenvalue weighted by atomic mass is 10.00. The van der Waals surface area contributed by atoms with Crippen molar-refractivity contribution in [3.8, 4) is 5.75 Å². The summed E-state index contributed by atoms with van der Waals surface area (Å²) in [6.07, 6.45) is 0.879. The van der Waals surface area contributed by atoms with Crippen molar-refractivity contribution in [1.82, 2.24) is 0 Å². The lowest BCUT2D eigenvalue weighted by molar-refractivity contribution is 0.407. The van der Waals surface area contributed by atoms with E-state index in [2.05, 4.69) is 63.9 Å². The van der Waals surface area contributed by atoms with Crippen LogP contribution in [0.3, 0.4) is 0 Å². The summed E-state index contributed by atoms with van der Waals surface area (Å²) in [5.74, 6) is 0.824. The molecule has 2 aromatic rings. The minimum absolute atomic E-state index is 0.143. The smallest absolute Gasteiger partial charge is 0.137 e. The molecule has 112 valence electrons. The molecule has 1 nitrogen and oxygen atoms in total. The van der Waals surface area contributed by atoms with Gasteiger partial charge in [0, 0.05) is 15.4 Å². The van der Waals surface area contributed by atoms with Gasteiger partial charge in [-0.2, -0.15) is 0 Å². The van der Waals surface area contributed by atoms with E-state index in [1.165, 1.54) is 16.7 Å². The number of halogens is 3. The van der Waals surface area contributed by atoms with Crippen LogP contribution in [0.25, 0.3) is 0 Å². The summed E-state index contributed by atoms with van der Waals surface area (Å²) < 4.78 is 6.37. The first kappa shape index (κ1) is 16.9. The number of alkyl halides is 1. The fourth-order valence-corrected chi connectivity index (χ4v) is 3.99. The van der Waals surface area contributed by atoms with Crippen molar-refractivity contribution in [1.29, 1.82) is 0 Å². The van der Waals surface area contributed by atoms with E-state index in [4.69, 9.17) is 16.3 Å². The van der Waals surface area contributed by atoms with Crippen molar-refractivity contribution in [3.63, 3.8) is 0 Å². The lowest BCUT2D eigenvalue weighted by Crippen LogP contribution is -2.00. The molecule has 4 heteroatoms. The summed E-state index contributed by atoms with van der Waals surface area (Å²) in [5, 5.41) is 0.696. The number of rotatable bonds is 4. The second-order valence-corrected chi connectivity index (χ2v) is 7.50. The molecule has 1 atom stereocenters. The molecule has 21 heavy (non-hydrogen) atoms. The molecule has 0 saturated heterocycles. The van der Waals surface area contributed by atoms with Gasteiger partial charge < -0.3 is 4.74 Å². The molecule has 0 aliphatic rings. The molecule has 0 aromatic heterocycles. The normalized spacial score (nSPS) is 12.3. The molecule has 0 bridgehead atoms. The average Bonchev–Trinajstić information content (AvgIpc) is 2.42. The van der Waals surface area contributed by atoms with Gasteiger partial charge in [0.2, 0.25) is 0 Å². The average molecular weight is 433 g/mol. The van der Waals surface area contributed by atoms with Crippen molar-refractivity contribution >= 4 is 43.5 Å². The second-order valence-electron chi connectivity index (χ2n) is 5.10. The van der Waals surface area contributed by atoms with E-state index in [-0.39, 0.29) is 4.83 Å². The van der Waals surface area contributed by atoms with Gasteiger partial charge in [0.25, 0.3) is 0 Å². The third-order valence-corrected chi connectivity index (χ3v) is 5.19. The maximum atomic E-state index is 6.17. The third-order valence-electron chi connectivity index (χ3n) is 3.56. The van der Waals surface area contributed by atoms with Crippen LogP contribution >= 0.6 is 43.5 Å². The van der Waals surface area contributed by atoms with Gasteiger partial charge in [0.1, 0.15) is 5.75 Å². The largest absolute Gasteiger partial charge is 0.495 e. The summed E-state index contributed by atoms with van der Waals surface area (Å²) in [5.41, 5.74) is 4.97. The van der Waals surface area contributed by atoms with Gasteiger partial charge in [-0.05, 0) is 65.0 Å². The van der Waals surface area contributed by atoms with Gasteiger partial charge in [-0.15, -0.1) is 0 Å². The summed E-state index contributed by atoms with van der Waals surface area (Å²) >= 11 is 13.4. The topological polar surface area (TPSA) is 9.23 Å². The Hall–Kier alpha value is -0.510. The van der Waals surface area contributed by atoms with E-state index in [1.54, 1.807) is 7.11 Å². The molecule has 0 aliphatic heterocycles. The van der Waals surface area contributed by atoms with Gasteiger partial charge in [-0.3, -0.25) is 0 Å². The molecule has 0 aliphatic carbocycles. The molecule has 0 heterocycles. The van der Waals surface area contributed by atoms with Crippen LogP contribution < -0.4 is 4.74 Å². The number of hydrogen-bond acceptors (Lipinski definition) is 1. The van der Waals surface area contributed by atoms with Gasteiger partial charge in [-0.25, -0.2) is 0 Å². The van der Waals surface area contributed by atoms with Crippen molar-refractivity contribution in [2.24, 2.45) is 0 Å². The van der Waals surface area contributed by atoms with Crippen molar-refractivity contribution in [2.45, 2.75) is 25.1 Å². The van der Waals surface area contributed by atoms with Crippen LogP contribution in [0.15, 0.2) is 34.8 Å². The summed E-state index contributed by atoms with van der Waals surface area (Å²) in [7, 11) is 1.67. The highest BCUT2D eigenvalue weighted by Gasteiger charge is 2.17. The molecule has 1 unspecified atom stereocenters. The summed E-state index contributed by atoms with van der Waals surface area (Å²) in [6, 6.07) is 10.4. The van der Waals surface area contributed by atoms with E-state index >= 15 is 0 Å². The highest BCUT2D eigenvalue weighted by molar-refractivity contribution is 9.10. The van der Waals surface area contributed by atoms with E-state index < -0.39 is 0 Å². The first-order valence-electron chi connectivity index (χ1n) is 6.65. The van der Waals surface area contributed by atoms with Gasteiger partial charge in [0.15, 0.2) is 0 Å². The SMILES string of the molecule is COc1c(Br)cc(Cl)cc1C(Br)Cc1ccc(C)c(C)c1. The molecule has 0 saturated carbocycles. The molecule has 0 radical (unpaired) electrons. The Morgan fingerprint density at radius 1 is 1.14 bits per heavy atom. The first-order valence-corrected chi connectivity index (χ1v) is 8.74. The monoisotopic (exact) mass is 430 g/mol. The number of methoxy groups -OCH3 is 1. The van der Waals surface area contributed by atoms with E-state index in [0.29, 0.717) is 5.02 Å². The molecule has 0 amide bonds. The van der Waals surface area contributed by atoms with Crippen LogP contribution in [0.5, 0.6) is 5.75 Å². The highest BCUT2D eigenvalue weighted by Crippen LogP contribution is 2.40. The van der Waals surface area contributed by atoms with Crippen LogP contribution in [0, 0.1) is 13.8 Å². The zero-order valence-electron chi connectivity index (χ0n) is 12.2. The molecule has 0 spiro atoms. The second kappa shape index (κ2) is 7.17. The summed E-state index contributed by atoms with van der Waals surface area (Å²) in [6.45, 7) is 4.26. The Kier molecular flexibility index (Phi) is 5.75. The fourth-order valence-electron chi connectivity index (χ4n) is 2.28.